The molecule has 0 bridgehead atoms. The maximum absolute atomic E-state index is 11.7. The summed E-state index contributed by atoms with van der Waals surface area (Å²) in [5.74, 6) is 0.311. The average molecular weight is 231 g/mol. The predicted octanol–water partition coefficient (Wildman–Crippen LogP) is 2.52. The average Bonchev–Trinajstić information content (AvgIpc) is 2.31. The zero-order chi connectivity index (χ0) is 12.8. The molecule has 4 nitrogen and oxygen atoms in total. The van der Waals surface area contributed by atoms with Gasteiger partial charge in [-0.15, -0.1) is 0 Å². The van der Waals surface area contributed by atoms with E-state index in [1.165, 1.54) is 0 Å². The Hall–Kier alpha value is -2.02. The number of hydrogen-bond acceptors (Lipinski definition) is 3. The van der Waals surface area contributed by atoms with E-state index in [4.69, 9.17) is 11.0 Å². The molecule has 1 aromatic carbocycles. The number of hydrogen-bond donors (Lipinski definition) is 2. The first-order valence-corrected chi connectivity index (χ1v) is 5.66. The molecule has 0 spiro atoms. The van der Waals surface area contributed by atoms with Crippen LogP contribution in [0.5, 0.6) is 0 Å². The van der Waals surface area contributed by atoms with Crippen LogP contribution in [0.3, 0.4) is 0 Å². The fourth-order valence-electron chi connectivity index (χ4n) is 1.41. The highest BCUT2D eigenvalue weighted by atomic mass is 16.1. The first-order valence-electron chi connectivity index (χ1n) is 5.66. The van der Waals surface area contributed by atoms with Crippen molar-refractivity contribution in [3.8, 4) is 6.07 Å². The molecule has 1 unspecified atom stereocenters. The Morgan fingerprint density at radius 1 is 1.59 bits per heavy atom. The SMILES string of the molecule is CCC(C)CC(=O)Nc1ccc(C#N)cc1N. The second kappa shape index (κ2) is 5.90. The standard InChI is InChI=1S/C13H17N3O/c1-3-9(2)6-13(17)16-12-5-4-10(8-14)7-11(12)15/h4-5,7,9H,3,6,15H2,1-2H3,(H,16,17). The quantitative estimate of drug-likeness (QED) is 0.781. The molecule has 0 aliphatic carbocycles. The number of nitrogens with one attached hydrogen (secondary N) is 1. The van der Waals surface area contributed by atoms with Gasteiger partial charge in [0.25, 0.3) is 0 Å². The van der Waals surface area contributed by atoms with E-state index in [0.29, 0.717) is 29.3 Å². The van der Waals surface area contributed by atoms with Gasteiger partial charge in [-0.3, -0.25) is 4.79 Å². The van der Waals surface area contributed by atoms with Crippen LogP contribution in [0.15, 0.2) is 18.2 Å². The Balaban J connectivity index is 2.69. The molecule has 0 aliphatic rings. The van der Waals surface area contributed by atoms with Gasteiger partial charge in [-0.25, -0.2) is 0 Å². The van der Waals surface area contributed by atoms with Crippen LogP contribution in [0.25, 0.3) is 0 Å². The van der Waals surface area contributed by atoms with Crippen molar-refractivity contribution in [1.82, 2.24) is 0 Å². The summed E-state index contributed by atoms with van der Waals surface area (Å²) in [5, 5.41) is 11.4. The van der Waals surface area contributed by atoms with Gasteiger partial charge in [-0.1, -0.05) is 20.3 Å². The fourth-order valence-corrected chi connectivity index (χ4v) is 1.41. The van der Waals surface area contributed by atoms with E-state index in [1.807, 2.05) is 19.9 Å². The molecule has 1 atom stereocenters. The van der Waals surface area contributed by atoms with Crippen molar-refractivity contribution in [3.05, 3.63) is 23.8 Å². The molecule has 0 aromatic heterocycles. The minimum atomic E-state index is -0.0456. The number of nitrogen functional groups attached to an aromatic ring is 1. The molecule has 0 heterocycles. The van der Waals surface area contributed by atoms with Crippen molar-refractivity contribution < 1.29 is 4.79 Å². The Bertz CT molecular complexity index is 448. The number of benzene rings is 1. The van der Waals surface area contributed by atoms with Crippen molar-refractivity contribution in [3.63, 3.8) is 0 Å². The third-order valence-electron chi connectivity index (χ3n) is 2.69. The zero-order valence-corrected chi connectivity index (χ0v) is 10.2. The van der Waals surface area contributed by atoms with Gasteiger partial charge < -0.3 is 11.1 Å². The molecule has 0 saturated heterocycles. The lowest BCUT2D eigenvalue weighted by Crippen LogP contribution is -2.15. The van der Waals surface area contributed by atoms with E-state index in [0.717, 1.165) is 6.42 Å². The number of amides is 1. The maximum Gasteiger partial charge on any atom is 0.224 e. The maximum atomic E-state index is 11.7. The highest BCUT2D eigenvalue weighted by Crippen LogP contribution is 2.20. The lowest BCUT2D eigenvalue weighted by atomic mass is 10.0. The molecule has 1 aromatic rings. The van der Waals surface area contributed by atoms with Crippen molar-refractivity contribution in [1.29, 1.82) is 5.26 Å². The van der Waals surface area contributed by atoms with Crippen molar-refractivity contribution >= 4 is 17.3 Å². The summed E-state index contributed by atoms with van der Waals surface area (Å²) in [6, 6.07) is 6.84. The minimum Gasteiger partial charge on any atom is -0.397 e. The Morgan fingerprint density at radius 3 is 2.82 bits per heavy atom. The lowest BCUT2D eigenvalue weighted by molar-refractivity contribution is -0.117. The number of anilines is 2. The van der Waals surface area contributed by atoms with Crippen LogP contribution in [0.4, 0.5) is 11.4 Å². The Morgan fingerprint density at radius 2 is 2.29 bits per heavy atom. The van der Waals surface area contributed by atoms with E-state index in [1.54, 1.807) is 18.2 Å². The largest absolute Gasteiger partial charge is 0.397 e. The van der Waals surface area contributed by atoms with Gasteiger partial charge in [0.1, 0.15) is 0 Å². The highest BCUT2D eigenvalue weighted by molar-refractivity contribution is 5.94. The van der Waals surface area contributed by atoms with Crippen LogP contribution in [-0.2, 0) is 4.79 Å². The predicted molar refractivity (Wildman–Crippen MR) is 68.3 cm³/mol. The molecule has 0 radical (unpaired) electrons. The molecule has 90 valence electrons. The highest BCUT2D eigenvalue weighted by Gasteiger charge is 2.09. The number of carbonyl (C=O) groups is 1. The van der Waals surface area contributed by atoms with Crippen LogP contribution in [0, 0.1) is 17.2 Å². The molecular formula is C13H17N3O. The third-order valence-corrected chi connectivity index (χ3v) is 2.69. The summed E-state index contributed by atoms with van der Waals surface area (Å²) in [6.45, 7) is 4.08. The second-order valence-electron chi connectivity index (χ2n) is 4.18. The molecule has 4 heteroatoms. The second-order valence-corrected chi connectivity index (χ2v) is 4.18. The molecular weight excluding hydrogens is 214 g/mol. The summed E-state index contributed by atoms with van der Waals surface area (Å²) >= 11 is 0. The van der Waals surface area contributed by atoms with Crippen molar-refractivity contribution in [2.45, 2.75) is 26.7 Å². The number of carbonyl (C=O) groups excluding carboxylic acids is 1. The van der Waals surface area contributed by atoms with Gasteiger partial charge in [0.15, 0.2) is 0 Å². The summed E-state index contributed by atoms with van der Waals surface area (Å²) in [6.07, 6.45) is 1.45. The Kier molecular flexibility index (Phi) is 4.53. The molecule has 1 amide bonds. The first-order chi connectivity index (χ1) is 8.06. The number of nitriles is 1. The normalized spacial score (nSPS) is 11.6. The van der Waals surface area contributed by atoms with Gasteiger partial charge in [-0.05, 0) is 24.1 Å². The molecule has 0 fully saturated rings. The number of rotatable bonds is 4. The minimum absolute atomic E-state index is 0.0456. The molecule has 0 aliphatic heterocycles. The van der Waals surface area contributed by atoms with Gasteiger partial charge in [0.05, 0.1) is 23.0 Å². The van der Waals surface area contributed by atoms with Crippen LogP contribution in [-0.4, -0.2) is 5.91 Å². The van der Waals surface area contributed by atoms with Crippen LogP contribution >= 0.6 is 0 Å². The molecule has 3 N–H and O–H groups in total. The van der Waals surface area contributed by atoms with Gasteiger partial charge in [0, 0.05) is 6.42 Å². The van der Waals surface area contributed by atoms with Gasteiger partial charge >= 0.3 is 0 Å². The van der Waals surface area contributed by atoms with Crippen LogP contribution in [0.2, 0.25) is 0 Å². The summed E-state index contributed by atoms with van der Waals surface area (Å²) < 4.78 is 0. The molecule has 17 heavy (non-hydrogen) atoms. The van der Waals surface area contributed by atoms with E-state index in [9.17, 15) is 4.79 Å². The monoisotopic (exact) mass is 231 g/mol. The fraction of sp³-hybridized carbons (Fsp3) is 0.385. The molecule has 1 rings (SSSR count). The summed E-state index contributed by atoms with van der Waals surface area (Å²) in [5.41, 5.74) is 7.22. The van der Waals surface area contributed by atoms with Gasteiger partial charge in [-0.2, -0.15) is 5.26 Å². The number of nitrogens with two attached hydrogens (primary N) is 1. The first kappa shape index (κ1) is 13.0. The summed E-state index contributed by atoms with van der Waals surface area (Å²) in [7, 11) is 0. The van der Waals surface area contributed by atoms with E-state index in [-0.39, 0.29) is 5.91 Å². The lowest BCUT2D eigenvalue weighted by Gasteiger charge is -2.11. The smallest absolute Gasteiger partial charge is 0.224 e. The van der Waals surface area contributed by atoms with Crippen LogP contribution in [0.1, 0.15) is 32.3 Å². The van der Waals surface area contributed by atoms with Crippen molar-refractivity contribution in [2.24, 2.45) is 5.92 Å². The Labute approximate surface area is 101 Å². The topological polar surface area (TPSA) is 78.9 Å². The van der Waals surface area contributed by atoms with E-state index in [2.05, 4.69) is 5.32 Å². The van der Waals surface area contributed by atoms with Crippen molar-refractivity contribution in [2.75, 3.05) is 11.1 Å². The zero-order valence-electron chi connectivity index (χ0n) is 10.2. The molecule has 0 saturated carbocycles. The van der Waals surface area contributed by atoms with E-state index >= 15 is 0 Å². The number of nitrogens with zero attached hydrogens (tertiary/aromatic N) is 1. The van der Waals surface area contributed by atoms with E-state index < -0.39 is 0 Å². The van der Waals surface area contributed by atoms with Crippen LogP contribution < -0.4 is 11.1 Å². The summed E-state index contributed by atoms with van der Waals surface area (Å²) in [4.78, 5) is 11.7. The van der Waals surface area contributed by atoms with Gasteiger partial charge in [0.2, 0.25) is 5.91 Å². The third kappa shape index (κ3) is 3.80.